The van der Waals surface area contributed by atoms with Crippen LogP contribution in [0.1, 0.15) is 56.1 Å². The number of benzene rings is 2. The Kier molecular flexibility index (Phi) is 6.21. The maximum absolute atomic E-state index is 13.8. The van der Waals surface area contributed by atoms with E-state index in [9.17, 15) is 30.7 Å². The van der Waals surface area contributed by atoms with Gasteiger partial charge in [0, 0.05) is 5.56 Å². The van der Waals surface area contributed by atoms with Crippen molar-refractivity contribution in [3.8, 4) is 11.1 Å². The van der Waals surface area contributed by atoms with Gasteiger partial charge in [-0.05, 0) is 54.2 Å². The van der Waals surface area contributed by atoms with Gasteiger partial charge in [-0.25, -0.2) is 0 Å². The number of alkyl halides is 7. The zero-order valence-corrected chi connectivity index (χ0v) is 16.5. The zero-order valence-electron chi connectivity index (χ0n) is 16.5. The predicted octanol–water partition coefficient (Wildman–Crippen LogP) is 8.33. The fourth-order valence-corrected chi connectivity index (χ4v) is 4.08. The highest BCUT2D eigenvalue weighted by Crippen LogP contribution is 2.51. The van der Waals surface area contributed by atoms with Crippen molar-refractivity contribution in [1.82, 2.24) is 0 Å². The van der Waals surface area contributed by atoms with Gasteiger partial charge in [0.05, 0.1) is 0 Å². The lowest BCUT2D eigenvalue weighted by Crippen LogP contribution is -2.49. The number of hydrogen-bond acceptors (Lipinski definition) is 0. The largest absolute Gasteiger partial charge is 0.460 e. The molecule has 3 rings (SSSR count). The first-order valence-corrected chi connectivity index (χ1v) is 10.0. The van der Waals surface area contributed by atoms with Crippen LogP contribution in [0.5, 0.6) is 0 Å². The maximum Gasteiger partial charge on any atom is 0.460 e. The fraction of sp³-hybridized carbons (Fsp3) is 0.478. The molecule has 0 aromatic heterocycles. The lowest BCUT2D eigenvalue weighted by molar-refractivity contribution is -0.359. The lowest BCUT2D eigenvalue weighted by atomic mass is 9.77. The first kappa shape index (κ1) is 22.6. The Morgan fingerprint density at radius 3 is 1.60 bits per heavy atom. The molecule has 30 heavy (non-hydrogen) atoms. The fourth-order valence-electron chi connectivity index (χ4n) is 4.08. The van der Waals surface area contributed by atoms with Gasteiger partial charge >= 0.3 is 18.0 Å². The van der Waals surface area contributed by atoms with Crippen LogP contribution < -0.4 is 0 Å². The van der Waals surface area contributed by atoms with Gasteiger partial charge in [0.15, 0.2) is 0 Å². The van der Waals surface area contributed by atoms with Crippen LogP contribution in [-0.4, -0.2) is 12.1 Å². The first-order valence-electron chi connectivity index (χ1n) is 10.0. The van der Waals surface area contributed by atoms with Crippen molar-refractivity contribution >= 4 is 0 Å². The van der Waals surface area contributed by atoms with E-state index in [1.807, 2.05) is 24.3 Å². The van der Waals surface area contributed by atoms with Gasteiger partial charge in [0.1, 0.15) is 0 Å². The minimum absolute atomic E-state index is 0.464. The Hall–Kier alpha value is -2.05. The van der Waals surface area contributed by atoms with Gasteiger partial charge in [-0.3, -0.25) is 0 Å². The quantitative estimate of drug-likeness (QED) is 0.417. The molecule has 7 heteroatoms. The first-order chi connectivity index (χ1) is 14.0. The highest BCUT2D eigenvalue weighted by Gasteiger charge is 2.73. The average Bonchev–Trinajstić information content (AvgIpc) is 2.73. The molecule has 0 aliphatic heterocycles. The minimum atomic E-state index is -6.35. The molecule has 164 valence electrons. The van der Waals surface area contributed by atoms with E-state index in [-0.39, 0.29) is 0 Å². The molecule has 1 aliphatic rings. The van der Waals surface area contributed by atoms with Crippen LogP contribution in [0.4, 0.5) is 30.7 Å². The Morgan fingerprint density at radius 2 is 1.17 bits per heavy atom. The molecule has 2 aromatic rings. The van der Waals surface area contributed by atoms with Crippen LogP contribution in [0, 0.1) is 5.92 Å². The summed E-state index contributed by atoms with van der Waals surface area (Å²) in [4.78, 5) is 0. The second-order valence-corrected chi connectivity index (χ2v) is 7.97. The smallest absolute Gasteiger partial charge is 0.194 e. The molecule has 0 unspecified atom stereocenters. The van der Waals surface area contributed by atoms with E-state index in [1.165, 1.54) is 24.8 Å². The van der Waals surface area contributed by atoms with E-state index in [0.717, 1.165) is 30.9 Å². The Labute approximate surface area is 171 Å². The van der Waals surface area contributed by atoms with E-state index >= 15 is 0 Å². The molecular formula is C23H23F7. The average molecular weight is 432 g/mol. The van der Waals surface area contributed by atoms with Crippen molar-refractivity contribution in [2.24, 2.45) is 5.92 Å². The molecule has 0 nitrogen and oxygen atoms in total. The molecule has 0 spiro atoms. The van der Waals surface area contributed by atoms with Gasteiger partial charge in [0.2, 0.25) is 0 Å². The van der Waals surface area contributed by atoms with Gasteiger partial charge < -0.3 is 0 Å². The van der Waals surface area contributed by atoms with Crippen molar-refractivity contribution in [1.29, 1.82) is 0 Å². The van der Waals surface area contributed by atoms with E-state index in [2.05, 4.69) is 6.92 Å². The lowest BCUT2D eigenvalue weighted by Gasteiger charge is -2.28. The van der Waals surface area contributed by atoms with Crippen molar-refractivity contribution in [3.63, 3.8) is 0 Å². The standard InChI is InChI=1S/C23H23F7/c1-2-15-3-5-16(6-4-15)17-7-9-18(10-8-17)19-11-13-20(14-12-19)21(24,25)22(26,27)23(28,29)30/h7-16H,2-6H2,1H3. The van der Waals surface area contributed by atoms with E-state index in [1.54, 1.807) is 0 Å². The molecule has 1 saturated carbocycles. The monoisotopic (exact) mass is 432 g/mol. The third kappa shape index (κ3) is 4.21. The number of rotatable bonds is 5. The molecule has 0 amide bonds. The van der Waals surface area contributed by atoms with Gasteiger partial charge in [0.25, 0.3) is 0 Å². The summed E-state index contributed by atoms with van der Waals surface area (Å²) in [6.07, 6.45) is -0.525. The maximum atomic E-state index is 13.8. The van der Waals surface area contributed by atoms with Gasteiger partial charge in [-0.1, -0.05) is 61.9 Å². The topological polar surface area (TPSA) is 0 Å². The molecule has 1 aliphatic carbocycles. The van der Waals surface area contributed by atoms with Crippen LogP contribution in [0.2, 0.25) is 0 Å². The highest BCUT2D eigenvalue weighted by molar-refractivity contribution is 5.64. The second-order valence-electron chi connectivity index (χ2n) is 7.97. The highest BCUT2D eigenvalue weighted by atomic mass is 19.4. The van der Waals surface area contributed by atoms with Crippen molar-refractivity contribution in [3.05, 3.63) is 59.7 Å². The summed E-state index contributed by atoms with van der Waals surface area (Å²) in [6.45, 7) is 2.20. The summed E-state index contributed by atoms with van der Waals surface area (Å²) in [6, 6.07) is 11.1. The van der Waals surface area contributed by atoms with Gasteiger partial charge in [-0.15, -0.1) is 0 Å². The minimum Gasteiger partial charge on any atom is -0.194 e. The molecule has 0 heterocycles. The summed E-state index contributed by atoms with van der Waals surface area (Å²) >= 11 is 0. The van der Waals surface area contributed by atoms with Gasteiger partial charge in [-0.2, -0.15) is 30.7 Å². The Morgan fingerprint density at radius 1 is 0.700 bits per heavy atom. The molecule has 0 bridgehead atoms. The van der Waals surface area contributed by atoms with Crippen LogP contribution in [0.25, 0.3) is 11.1 Å². The van der Waals surface area contributed by atoms with E-state index in [0.29, 0.717) is 29.2 Å². The normalized spacial score (nSPS) is 20.9. The number of hydrogen-bond donors (Lipinski definition) is 0. The summed E-state index contributed by atoms with van der Waals surface area (Å²) < 4.78 is 91.1. The molecule has 0 N–H and O–H groups in total. The second kappa shape index (κ2) is 8.23. The van der Waals surface area contributed by atoms with E-state index < -0.39 is 23.6 Å². The summed E-state index contributed by atoms with van der Waals surface area (Å²) in [5.74, 6) is -10.3. The van der Waals surface area contributed by atoms with Crippen LogP contribution in [0.15, 0.2) is 48.5 Å². The Bertz CT molecular complexity index is 827. The van der Waals surface area contributed by atoms with E-state index in [4.69, 9.17) is 0 Å². The van der Waals surface area contributed by atoms with Crippen LogP contribution in [-0.2, 0) is 5.92 Å². The summed E-state index contributed by atoms with van der Waals surface area (Å²) in [5.41, 5.74) is 0.962. The number of halogens is 7. The third-order valence-corrected chi connectivity index (χ3v) is 6.14. The van der Waals surface area contributed by atoms with Crippen molar-refractivity contribution in [2.75, 3.05) is 0 Å². The van der Waals surface area contributed by atoms with Crippen molar-refractivity contribution in [2.45, 2.75) is 63.0 Å². The van der Waals surface area contributed by atoms with Crippen LogP contribution >= 0.6 is 0 Å². The molecule has 0 radical (unpaired) electrons. The van der Waals surface area contributed by atoms with Crippen molar-refractivity contribution < 1.29 is 30.7 Å². The summed E-state index contributed by atoms with van der Waals surface area (Å²) in [7, 11) is 0. The molecule has 1 fully saturated rings. The SMILES string of the molecule is CCC1CCC(c2ccc(-c3ccc(C(F)(F)C(F)(F)C(F)(F)F)cc3)cc2)CC1. The zero-order chi connectivity index (χ0) is 22.2. The molecular weight excluding hydrogens is 409 g/mol. The van der Waals surface area contributed by atoms with Crippen LogP contribution in [0.3, 0.4) is 0 Å². The summed E-state index contributed by atoms with van der Waals surface area (Å²) in [5, 5.41) is 0. The molecule has 0 saturated heterocycles. The molecule has 0 atom stereocenters. The Balaban J connectivity index is 1.75. The molecule has 2 aromatic carbocycles. The third-order valence-electron chi connectivity index (χ3n) is 6.14. The predicted molar refractivity (Wildman–Crippen MR) is 102 cm³/mol.